The number of aryl methyl sites for hydroxylation is 3. The van der Waals surface area contributed by atoms with Gasteiger partial charge in [-0.1, -0.05) is 6.07 Å². The van der Waals surface area contributed by atoms with Gasteiger partial charge >= 0.3 is 0 Å². The van der Waals surface area contributed by atoms with Crippen LogP contribution in [0.25, 0.3) is 0 Å². The summed E-state index contributed by atoms with van der Waals surface area (Å²) in [6.07, 6.45) is -0.150. The van der Waals surface area contributed by atoms with Gasteiger partial charge < -0.3 is 16.0 Å². The fraction of sp³-hybridized carbons (Fsp3) is 0.263. The van der Waals surface area contributed by atoms with Crippen molar-refractivity contribution in [1.29, 1.82) is 0 Å². The maximum Gasteiger partial charge on any atom is 0.293 e. The number of benzene rings is 2. The first-order valence-corrected chi connectivity index (χ1v) is 8.48. The van der Waals surface area contributed by atoms with Crippen LogP contribution in [-0.2, 0) is 9.59 Å². The maximum absolute atomic E-state index is 12.4. The van der Waals surface area contributed by atoms with Crippen molar-refractivity contribution in [3.63, 3.8) is 0 Å². The summed E-state index contributed by atoms with van der Waals surface area (Å²) in [4.78, 5) is 35.3. The number of carbonyl (C=O) groups is 2. The Morgan fingerprint density at radius 3 is 2.48 bits per heavy atom. The Morgan fingerprint density at radius 2 is 1.81 bits per heavy atom. The van der Waals surface area contributed by atoms with E-state index >= 15 is 0 Å². The van der Waals surface area contributed by atoms with E-state index in [1.165, 1.54) is 12.1 Å². The van der Waals surface area contributed by atoms with E-state index in [1.807, 2.05) is 26.0 Å². The first-order chi connectivity index (χ1) is 12.7. The van der Waals surface area contributed by atoms with Gasteiger partial charge in [-0.05, 0) is 55.7 Å². The number of nitro benzene ring substituents is 1. The lowest BCUT2D eigenvalue weighted by Gasteiger charge is -2.27. The minimum Gasteiger partial charge on any atom is -0.372 e. The predicted molar refractivity (Wildman–Crippen MR) is 103 cm³/mol. The van der Waals surface area contributed by atoms with Gasteiger partial charge in [-0.25, -0.2) is 0 Å². The summed E-state index contributed by atoms with van der Waals surface area (Å²) in [5.41, 5.74) is 4.19. The van der Waals surface area contributed by atoms with Gasteiger partial charge in [-0.15, -0.1) is 0 Å². The molecule has 2 amide bonds. The van der Waals surface area contributed by atoms with E-state index in [4.69, 9.17) is 0 Å². The van der Waals surface area contributed by atoms with Gasteiger partial charge in [0.2, 0.25) is 11.8 Å². The van der Waals surface area contributed by atoms with Gasteiger partial charge in [0.25, 0.3) is 5.69 Å². The van der Waals surface area contributed by atoms with Gasteiger partial charge in [0.15, 0.2) is 0 Å². The monoisotopic (exact) mass is 368 g/mol. The minimum absolute atomic E-state index is 0.110. The highest BCUT2D eigenvalue weighted by Gasteiger charge is 2.28. The maximum atomic E-state index is 12.4. The highest BCUT2D eigenvalue weighted by Crippen LogP contribution is 2.31. The molecule has 1 atom stereocenters. The van der Waals surface area contributed by atoms with Crippen LogP contribution in [0.15, 0.2) is 30.3 Å². The van der Waals surface area contributed by atoms with Crippen LogP contribution in [0.2, 0.25) is 0 Å². The molecule has 0 saturated heterocycles. The van der Waals surface area contributed by atoms with Crippen LogP contribution in [0.3, 0.4) is 0 Å². The Morgan fingerprint density at radius 1 is 1.15 bits per heavy atom. The molecule has 1 aliphatic heterocycles. The molecule has 0 radical (unpaired) electrons. The van der Waals surface area contributed by atoms with Crippen LogP contribution in [0.5, 0.6) is 0 Å². The molecule has 140 valence electrons. The average Bonchev–Trinajstić information content (AvgIpc) is 2.59. The van der Waals surface area contributed by atoms with Crippen LogP contribution in [0.1, 0.15) is 23.1 Å². The molecule has 0 aromatic heterocycles. The van der Waals surface area contributed by atoms with Gasteiger partial charge in [0, 0.05) is 6.07 Å². The van der Waals surface area contributed by atoms with E-state index in [0.717, 1.165) is 22.4 Å². The SMILES string of the molecule is Cc1ccc(NC(=O)C[C@@H]2Nc3cc(C)c(C)cc3NC2=O)c([N+](=O)[O-])c1. The summed E-state index contributed by atoms with van der Waals surface area (Å²) in [6, 6.07) is 7.59. The summed E-state index contributed by atoms with van der Waals surface area (Å²) in [6.45, 7) is 5.65. The quantitative estimate of drug-likeness (QED) is 0.566. The number of nitro groups is 1. The smallest absolute Gasteiger partial charge is 0.293 e. The van der Waals surface area contributed by atoms with Crippen molar-refractivity contribution in [1.82, 2.24) is 0 Å². The van der Waals surface area contributed by atoms with Crippen molar-refractivity contribution in [3.05, 3.63) is 57.1 Å². The van der Waals surface area contributed by atoms with Gasteiger partial charge in [0.1, 0.15) is 11.7 Å². The van der Waals surface area contributed by atoms with Crippen LogP contribution in [0.4, 0.5) is 22.7 Å². The number of hydrogen-bond acceptors (Lipinski definition) is 5. The Labute approximate surface area is 156 Å². The summed E-state index contributed by atoms with van der Waals surface area (Å²) in [5, 5.41) is 19.6. The third-order valence-electron chi connectivity index (χ3n) is 4.55. The van der Waals surface area contributed by atoms with Crippen molar-refractivity contribution >= 4 is 34.6 Å². The van der Waals surface area contributed by atoms with E-state index < -0.39 is 16.9 Å². The van der Waals surface area contributed by atoms with Crippen LogP contribution in [0, 0.1) is 30.9 Å². The lowest BCUT2D eigenvalue weighted by molar-refractivity contribution is -0.384. The molecule has 1 aliphatic rings. The Balaban J connectivity index is 1.74. The zero-order valence-electron chi connectivity index (χ0n) is 15.3. The zero-order chi connectivity index (χ0) is 19.7. The molecule has 1 heterocycles. The minimum atomic E-state index is -0.760. The van der Waals surface area contributed by atoms with Gasteiger partial charge in [-0.3, -0.25) is 19.7 Å². The summed E-state index contributed by atoms with van der Waals surface area (Å²) in [7, 11) is 0. The molecular formula is C19H20N4O4. The second-order valence-corrected chi connectivity index (χ2v) is 6.70. The molecule has 0 spiro atoms. The second-order valence-electron chi connectivity index (χ2n) is 6.70. The Hall–Kier alpha value is -3.42. The molecule has 8 nitrogen and oxygen atoms in total. The number of rotatable bonds is 4. The first-order valence-electron chi connectivity index (χ1n) is 8.48. The topological polar surface area (TPSA) is 113 Å². The number of hydrogen-bond donors (Lipinski definition) is 3. The first kappa shape index (κ1) is 18.4. The lowest BCUT2D eigenvalue weighted by atomic mass is 10.0. The molecular weight excluding hydrogens is 348 g/mol. The van der Waals surface area contributed by atoms with Gasteiger partial charge in [0.05, 0.1) is 22.7 Å². The third kappa shape index (κ3) is 3.89. The zero-order valence-corrected chi connectivity index (χ0v) is 15.3. The molecule has 0 bridgehead atoms. The van der Waals surface area contributed by atoms with Crippen molar-refractivity contribution in [2.45, 2.75) is 33.2 Å². The number of nitrogens with zero attached hydrogens (tertiary/aromatic N) is 1. The van der Waals surface area contributed by atoms with E-state index in [2.05, 4.69) is 16.0 Å². The van der Waals surface area contributed by atoms with Gasteiger partial charge in [-0.2, -0.15) is 0 Å². The molecule has 3 rings (SSSR count). The number of anilines is 3. The predicted octanol–water partition coefficient (Wildman–Crippen LogP) is 3.28. The average molecular weight is 368 g/mol. The molecule has 0 fully saturated rings. The fourth-order valence-electron chi connectivity index (χ4n) is 2.94. The summed E-state index contributed by atoms with van der Waals surface area (Å²) < 4.78 is 0. The fourth-order valence-corrected chi connectivity index (χ4v) is 2.94. The lowest BCUT2D eigenvalue weighted by Crippen LogP contribution is -2.41. The van der Waals surface area contributed by atoms with Crippen LogP contribution < -0.4 is 16.0 Å². The molecule has 8 heteroatoms. The van der Waals surface area contributed by atoms with E-state index in [-0.39, 0.29) is 23.7 Å². The Bertz CT molecular complexity index is 955. The number of nitrogens with one attached hydrogen (secondary N) is 3. The van der Waals surface area contributed by atoms with Crippen LogP contribution in [-0.4, -0.2) is 22.8 Å². The Kier molecular flexibility index (Phi) is 4.81. The second kappa shape index (κ2) is 7.06. The highest BCUT2D eigenvalue weighted by atomic mass is 16.6. The molecule has 0 unspecified atom stereocenters. The largest absolute Gasteiger partial charge is 0.372 e. The number of amides is 2. The standard InChI is InChI=1S/C19H20N4O4/c1-10-4-5-13(17(6-10)23(26)27)21-18(24)9-16-19(25)22-15-8-12(3)11(2)7-14(15)20-16/h4-8,16,20H,9H2,1-3H3,(H,21,24)(H,22,25)/t16-/m0/s1. The number of fused-ring (bicyclic) bond motifs is 1. The summed E-state index contributed by atoms with van der Waals surface area (Å²) in [5.74, 6) is -0.804. The van der Waals surface area contributed by atoms with Crippen molar-refractivity contribution < 1.29 is 14.5 Å². The molecule has 27 heavy (non-hydrogen) atoms. The van der Waals surface area contributed by atoms with Crippen molar-refractivity contribution in [2.75, 3.05) is 16.0 Å². The molecule has 3 N–H and O–H groups in total. The third-order valence-corrected chi connectivity index (χ3v) is 4.55. The van der Waals surface area contributed by atoms with Crippen molar-refractivity contribution in [3.8, 4) is 0 Å². The molecule has 2 aromatic carbocycles. The highest BCUT2D eigenvalue weighted by molar-refractivity contribution is 6.06. The molecule has 2 aromatic rings. The number of carbonyl (C=O) groups excluding carboxylic acids is 2. The summed E-state index contributed by atoms with van der Waals surface area (Å²) >= 11 is 0. The van der Waals surface area contributed by atoms with Crippen LogP contribution >= 0.6 is 0 Å². The van der Waals surface area contributed by atoms with E-state index in [0.29, 0.717) is 5.69 Å². The molecule has 0 saturated carbocycles. The van der Waals surface area contributed by atoms with Crippen molar-refractivity contribution in [2.24, 2.45) is 0 Å². The normalized spacial score (nSPS) is 15.4. The van der Waals surface area contributed by atoms with E-state index in [1.54, 1.807) is 13.0 Å². The molecule has 0 aliphatic carbocycles. The van der Waals surface area contributed by atoms with E-state index in [9.17, 15) is 19.7 Å².